The van der Waals surface area contributed by atoms with E-state index in [2.05, 4.69) is 0 Å². The Morgan fingerprint density at radius 2 is 1.67 bits per heavy atom. The van der Waals surface area contributed by atoms with E-state index in [9.17, 15) is 14.7 Å². The SMILES string of the molecule is COc1ccc(-n2ccn(Cc3cc(C)c(OC(C)(C)C(=O)O)c(C)c3)c2=O)cc1. The maximum absolute atomic E-state index is 12.8. The summed E-state index contributed by atoms with van der Waals surface area (Å²) in [4.78, 5) is 24.2. The number of benzene rings is 2. The van der Waals surface area contributed by atoms with Gasteiger partial charge in [0.2, 0.25) is 0 Å². The second-order valence-corrected chi connectivity index (χ2v) is 7.75. The lowest BCUT2D eigenvalue weighted by atomic mass is 10.0. The Kier molecular flexibility index (Phi) is 5.73. The first kappa shape index (κ1) is 21.2. The summed E-state index contributed by atoms with van der Waals surface area (Å²) in [6, 6.07) is 11.1. The number of carbonyl (C=O) groups is 1. The molecule has 7 heteroatoms. The summed E-state index contributed by atoms with van der Waals surface area (Å²) in [5, 5.41) is 9.32. The number of carboxylic acid groups (broad SMARTS) is 1. The van der Waals surface area contributed by atoms with Gasteiger partial charge in [-0.25, -0.2) is 9.59 Å². The topological polar surface area (TPSA) is 82.7 Å². The highest BCUT2D eigenvalue weighted by Gasteiger charge is 2.30. The minimum atomic E-state index is -1.33. The predicted molar refractivity (Wildman–Crippen MR) is 114 cm³/mol. The number of rotatable bonds is 7. The summed E-state index contributed by atoms with van der Waals surface area (Å²) in [6.45, 7) is 7.17. The third-order valence-electron chi connectivity index (χ3n) is 4.94. The quantitative estimate of drug-likeness (QED) is 0.644. The highest BCUT2D eigenvalue weighted by atomic mass is 16.5. The number of carboxylic acids is 1. The van der Waals surface area contributed by atoms with Gasteiger partial charge in [0.25, 0.3) is 0 Å². The standard InChI is InChI=1S/C23H26N2O5/c1-15-12-17(13-16(2)20(15)30-23(3,4)21(26)27)14-24-10-11-25(22(24)28)18-6-8-19(29-5)9-7-18/h6-13H,14H2,1-5H3,(H,26,27). The zero-order valence-electron chi connectivity index (χ0n) is 17.8. The van der Waals surface area contributed by atoms with Gasteiger partial charge in [-0.05, 0) is 68.7 Å². The lowest BCUT2D eigenvalue weighted by molar-refractivity contribution is -0.152. The molecule has 0 fully saturated rings. The highest BCUT2D eigenvalue weighted by Crippen LogP contribution is 2.29. The van der Waals surface area contributed by atoms with Crippen molar-refractivity contribution in [1.29, 1.82) is 0 Å². The van der Waals surface area contributed by atoms with Crippen molar-refractivity contribution < 1.29 is 19.4 Å². The van der Waals surface area contributed by atoms with Crippen molar-refractivity contribution in [3.05, 3.63) is 76.0 Å². The zero-order chi connectivity index (χ0) is 22.1. The molecular formula is C23H26N2O5. The largest absolute Gasteiger partial charge is 0.497 e. The molecule has 7 nitrogen and oxygen atoms in total. The van der Waals surface area contributed by atoms with Crippen LogP contribution in [0.25, 0.3) is 5.69 Å². The minimum Gasteiger partial charge on any atom is -0.497 e. The third kappa shape index (κ3) is 4.25. The van der Waals surface area contributed by atoms with E-state index >= 15 is 0 Å². The number of ether oxygens (including phenoxy) is 2. The molecule has 30 heavy (non-hydrogen) atoms. The molecule has 1 aromatic heterocycles. The average Bonchev–Trinajstić information content (AvgIpc) is 3.05. The second kappa shape index (κ2) is 8.10. The maximum atomic E-state index is 12.8. The molecule has 1 N–H and O–H groups in total. The summed E-state index contributed by atoms with van der Waals surface area (Å²) >= 11 is 0. The smallest absolute Gasteiger partial charge is 0.347 e. The zero-order valence-corrected chi connectivity index (χ0v) is 17.8. The van der Waals surface area contributed by atoms with Crippen LogP contribution in [0, 0.1) is 13.8 Å². The molecule has 0 aliphatic rings. The molecule has 2 aromatic carbocycles. The van der Waals surface area contributed by atoms with Crippen LogP contribution < -0.4 is 15.2 Å². The molecule has 3 rings (SSSR count). The van der Waals surface area contributed by atoms with Gasteiger partial charge < -0.3 is 14.6 Å². The molecule has 0 aliphatic carbocycles. The Hall–Kier alpha value is -3.48. The molecule has 1 heterocycles. The molecule has 0 radical (unpaired) electrons. The van der Waals surface area contributed by atoms with Crippen LogP contribution in [-0.2, 0) is 11.3 Å². The van der Waals surface area contributed by atoms with E-state index in [-0.39, 0.29) is 5.69 Å². The highest BCUT2D eigenvalue weighted by molar-refractivity contribution is 5.77. The third-order valence-corrected chi connectivity index (χ3v) is 4.94. The van der Waals surface area contributed by atoms with Gasteiger partial charge in [0.05, 0.1) is 19.3 Å². The molecule has 0 atom stereocenters. The summed E-state index contributed by atoms with van der Waals surface area (Å²) in [5.41, 5.74) is 1.85. The fraction of sp³-hybridized carbons (Fsp3) is 0.304. The van der Waals surface area contributed by atoms with E-state index in [1.165, 1.54) is 13.8 Å². The molecule has 0 unspecified atom stereocenters. The molecule has 3 aromatic rings. The van der Waals surface area contributed by atoms with Gasteiger partial charge in [-0.1, -0.05) is 12.1 Å². The lowest BCUT2D eigenvalue weighted by Gasteiger charge is -2.24. The number of imidazole rings is 1. The van der Waals surface area contributed by atoms with E-state index in [1.807, 2.05) is 50.2 Å². The van der Waals surface area contributed by atoms with Gasteiger partial charge in [-0.3, -0.25) is 9.13 Å². The van der Waals surface area contributed by atoms with Gasteiger partial charge in [-0.2, -0.15) is 0 Å². The number of hydrogen-bond donors (Lipinski definition) is 1. The molecule has 0 amide bonds. The normalized spacial score (nSPS) is 11.4. The van der Waals surface area contributed by atoms with Crippen LogP contribution in [0.2, 0.25) is 0 Å². The molecule has 0 saturated carbocycles. The summed E-state index contributed by atoms with van der Waals surface area (Å²) in [6.07, 6.45) is 3.48. The number of nitrogens with zero attached hydrogens (tertiary/aromatic N) is 2. The average molecular weight is 410 g/mol. The van der Waals surface area contributed by atoms with Crippen LogP contribution >= 0.6 is 0 Å². The fourth-order valence-corrected chi connectivity index (χ4v) is 3.26. The molecule has 158 valence electrons. The molecule has 0 bridgehead atoms. The summed E-state index contributed by atoms with van der Waals surface area (Å²) in [5.74, 6) is 0.247. The second-order valence-electron chi connectivity index (χ2n) is 7.75. The Labute approximate surface area is 175 Å². The summed E-state index contributed by atoms with van der Waals surface area (Å²) < 4.78 is 14.1. The monoisotopic (exact) mass is 410 g/mol. The molecule has 0 spiro atoms. The van der Waals surface area contributed by atoms with Crippen LogP contribution in [0.3, 0.4) is 0 Å². The van der Waals surface area contributed by atoms with Crippen LogP contribution in [0.1, 0.15) is 30.5 Å². The minimum absolute atomic E-state index is 0.150. The van der Waals surface area contributed by atoms with Crippen molar-refractivity contribution in [2.24, 2.45) is 0 Å². The van der Waals surface area contributed by atoms with Gasteiger partial charge in [0.1, 0.15) is 11.5 Å². The Balaban J connectivity index is 1.86. The predicted octanol–water partition coefficient (Wildman–Crippen LogP) is 3.55. The maximum Gasteiger partial charge on any atom is 0.347 e. The van der Waals surface area contributed by atoms with Crippen molar-refractivity contribution >= 4 is 5.97 Å². The fourth-order valence-electron chi connectivity index (χ4n) is 3.26. The molecule has 0 saturated heterocycles. The van der Waals surface area contributed by atoms with Gasteiger partial charge >= 0.3 is 11.7 Å². The first-order chi connectivity index (χ1) is 14.1. The Bertz CT molecular complexity index is 1100. The number of methoxy groups -OCH3 is 1. The van der Waals surface area contributed by atoms with E-state index in [1.54, 1.807) is 28.6 Å². The van der Waals surface area contributed by atoms with Crippen molar-refractivity contribution in [1.82, 2.24) is 9.13 Å². The number of hydrogen-bond acceptors (Lipinski definition) is 4. The van der Waals surface area contributed by atoms with Crippen LogP contribution in [0.15, 0.2) is 53.6 Å². The first-order valence-electron chi connectivity index (χ1n) is 9.57. The van der Waals surface area contributed by atoms with Gasteiger partial charge in [0.15, 0.2) is 5.60 Å². The molecular weight excluding hydrogens is 384 g/mol. The summed E-state index contributed by atoms with van der Waals surface area (Å²) in [7, 11) is 1.60. The first-order valence-corrected chi connectivity index (χ1v) is 9.57. The van der Waals surface area contributed by atoms with E-state index in [0.717, 1.165) is 28.1 Å². The van der Waals surface area contributed by atoms with Crippen molar-refractivity contribution in [3.63, 3.8) is 0 Å². The van der Waals surface area contributed by atoms with Crippen LogP contribution in [-0.4, -0.2) is 32.9 Å². The van der Waals surface area contributed by atoms with E-state index in [0.29, 0.717) is 12.3 Å². The van der Waals surface area contributed by atoms with Crippen molar-refractivity contribution in [3.8, 4) is 17.2 Å². The number of aryl methyl sites for hydroxylation is 2. The number of aromatic nitrogens is 2. The molecule has 0 aliphatic heterocycles. The van der Waals surface area contributed by atoms with E-state index < -0.39 is 11.6 Å². The Morgan fingerprint density at radius 3 is 2.20 bits per heavy atom. The number of aliphatic carboxylic acids is 1. The lowest BCUT2D eigenvalue weighted by Crippen LogP contribution is -2.38. The van der Waals surface area contributed by atoms with E-state index in [4.69, 9.17) is 9.47 Å². The van der Waals surface area contributed by atoms with Crippen LogP contribution in [0.5, 0.6) is 11.5 Å². The van der Waals surface area contributed by atoms with Crippen LogP contribution in [0.4, 0.5) is 0 Å². The van der Waals surface area contributed by atoms with Crippen molar-refractivity contribution in [2.75, 3.05) is 7.11 Å². The van der Waals surface area contributed by atoms with Gasteiger partial charge in [0, 0.05) is 12.4 Å². The van der Waals surface area contributed by atoms with Crippen molar-refractivity contribution in [2.45, 2.75) is 39.8 Å². The van der Waals surface area contributed by atoms with Gasteiger partial charge in [-0.15, -0.1) is 0 Å². The Morgan fingerprint density at radius 1 is 1.07 bits per heavy atom.